The SMILES string of the molecule is CCCCCCCCc1cccc2c(C(=O)O)ccc(CCCCCCCC)c12. The van der Waals surface area contributed by atoms with Crippen LogP contribution in [0.1, 0.15) is 112 Å². The molecule has 0 radical (unpaired) electrons. The van der Waals surface area contributed by atoms with Crippen molar-refractivity contribution in [1.82, 2.24) is 0 Å². The number of benzene rings is 2. The third-order valence-corrected chi connectivity index (χ3v) is 6.04. The Bertz CT molecular complexity index is 725. The van der Waals surface area contributed by atoms with Crippen molar-refractivity contribution in [3.05, 3.63) is 47.0 Å². The summed E-state index contributed by atoms with van der Waals surface area (Å²) in [5, 5.41) is 11.8. The molecule has 0 heterocycles. The second kappa shape index (κ2) is 13.4. The monoisotopic (exact) mass is 396 g/mol. The van der Waals surface area contributed by atoms with Gasteiger partial charge in [0, 0.05) is 0 Å². The molecule has 2 rings (SSSR count). The van der Waals surface area contributed by atoms with Gasteiger partial charge in [0.1, 0.15) is 0 Å². The number of carboxylic acid groups (broad SMARTS) is 1. The van der Waals surface area contributed by atoms with Crippen LogP contribution in [0, 0.1) is 0 Å². The molecule has 0 saturated carbocycles. The number of aromatic carboxylic acids is 1. The van der Waals surface area contributed by atoms with E-state index in [9.17, 15) is 9.90 Å². The maximum Gasteiger partial charge on any atom is 0.336 e. The predicted molar refractivity (Wildman–Crippen MR) is 125 cm³/mol. The van der Waals surface area contributed by atoms with Crippen LogP contribution in [0.15, 0.2) is 30.3 Å². The van der Waals surface area contributed by atoms with Crippen molar-refractivity contribution >= 4 is 16.7 Å². The smallest absolute Gasteiger partial charge is 0.336 e. The first-order valence-electron chi connectivity index (χ1n) is 12.0. The minimum absolute atomic E-state index is 0.441. The van der Waals surface area contributed by atoms with E-state index in [0.717, 1.165) is 18.2 Å². The van der Waals surface area contributed by atoms with E-state index in [4.69, 9.17) is 0 Å². The summed E-state index contributed by atoms with van der Waals surface area (Å²) < 4.78 is 0. The summed E-state index contributed by atoms with van der Waals surface area (Å²) in [6, 6.07) is 10.1. The molecule has 0 aliphatic carbocycles. The second-order valence-electron chi connectivity index (χ2n) is 8.45. The average molecular weight is 397 g/mol. The van der Waals surface area contributed by atoms with Crippen LogP contribution >= 0.6 is 0 Å². The molecule has 0 bridgehead atoms. The van der Waals surface area contributed by atoms with Crippen molar-refractivity contribution in [2.45, 2.75) is 104 Å². The quantitative estimate of drug-likeness (QED) is 0.307. The second-order valence-corrected chi connectivity index (χ2v) is 8.45. The molecule has 1 N–H and O–H groups in total. The highest BCUT2D eigenvalue weighted by atomic mass is 16.4. The van der Waals surface area contributed by atoms with Crippen LogP contribution in [0.5, 0.6) is 0 Å². The van der Waals surface area contributed by atoms with E-state index in [1.807, 2.05) is 18.2 Å². The van der Waals surface area contributed by atoms with Gasteiger partial charge in [-0.25, -0.2) is 4.79 Å². The normalized spacial score (nSPS) is 11.2. The van der Waals surface area contributed by atoms with Crippen LogP contribution in [0.3, 0.4) is 0 Å². The molecule has 2 heteroatoms. The first kappa shape index (κ1) is 23.4. The number of unbranched alkanes of at least 4 members (excludes halogenated alkanes) is 10. The lowest BCUT2D eigenvalue weighted by Crippen LogP contribution is -2.02. The van der Waals surface area contributed by atoms with Gasteiger partial charge in [-0.2, -0.15) is 0 Å². The molecule has 2 nitrogen and oxygen atoms in total. The van der Waals surface area contributed by atoms with Crippen LogP contribution < -0.4 is 0 Å². The Morgan fingerprint density at radius 2 is 1.21 bits per heavy atom. The Kier molecular flexibility index (Phi) is 10.8. The molecule has 29 heavy (non-hydrogen) atoms. The molecule has 0 saturated heterocycles. The third-order valence-electron chi connectivity index (χ3n) is 6.04. The molecule has 160 valence electrons. The van der Waals surface area contributed by atoms with E-state index in [-0.39, 0.29) is 0 Å². The molecule has 0 aliphatic rings. The van der Waals surface area contributed by atoms with Gasteiger partial charge in [-0.05, 0) is 53.6 Å². The molecule has 0 unspecified atom stereocenters. The Balaban J connectivity index is 2.12. The highest BCUT2D eigenvalue weighted by Gasteiger charge is 2.14. The van der Waals surface area contributed by atoms with Gasteiger partial charge in [0.15, 0.2) is 0 Å². The summed E-state index contributed by atoms with van der Waals surface area (Å²) >= 11 is 0. The van der Waals surface area contributed by atoms with E-state index in [1.54, 1.807) is 0 Å². The Morgan fingerprint density at radius 3 is 1.76 bits per heavy atom. The Hall–Kier alpha value is -1.83. The number of hydrogen-bond donors (Lipinski definition) is 1. The Labute approximate surface area is 177 Å². The van der Waals surface area contributed by atoms with Gasteiger partial charge in [0.2, 0.25) is 0 Å². The van der Waals surface area contributed by atoms with Gasteiger partial charge >= 0.3 is 5.97 Å². The van der Waals surface area contributed by atoms with Gasteiger partial charge in [0.25, 0.3) is 0 Å². The molecule has 0 atom stereocenters. The standard InChI is InChI=1S/C27H40O2/c1-3-5-7-9-11-13-16-22-18-15-19-24-25(27(28)29)21-20-23(26(22)24)17-14-12-10-8-6-4-2/h15,18-21H,3-14,16-17H2,1-2H3,(H,28,29). The van der Waals surface area contributed by atoms with Crippen molar-refractivity contribution in [2.75, 3.05) is 0 Å². The number of aryl methyl sites for hydroxylation is 2. The molecule has 0 fully saturated rings. The average Bonchev–Trinajstić information content (AvgIpc) is 2.72. The molecular formula is C27H40O2. The zero-order valence-electron chi connectivity index (χ0n) is 18.6. The summed E-state index contributed by atoms with van der Waals surface area (Å²) in [5.74, 6) is -0.821. The summed E-state index contributed by atoms with van der Waals surface area (Å²) in [4.78, 5) is 11.8. The van der Waals surface area contributed by atoms with Crippen LogP contribution in [-0.4, -0.2) is 11.1 Å². The fraction of sp³-hybridized carbons (Fsp3) is 0.593. The van der Waals surface area contributed by atoms with E-state index in [1.165, 1.54) is 93.6 Å². The van der Waals surface area contributed by atoms with Crippen LogP contribution in [0.4, 0.5) is 0 Å². The highest BCUT2D eigenvalue weighted by Crippen LogP contribution is 2.29. The van der Waals surface area contributed by atoms with Crippen LogP contribution in [-0.2, 0) is 12.8 Å². The van der Waals surface area contributed by atoms with Crippen LogP contribution in [0.25, 0.3) is 10.8 Å². The first-order chi connectivity index (χ1) is 14.2. The summed E-state index contributed by atoms with van der Waals surface area (Å²) in [7, 11) is 0. The van der Waals surface area contributed by atoms with E-state index in [0.29, 0.717) is 5.56 Å². The maximum absolute atomic E-state index is 11.8. The minimum atomic E-state index is -0.821. The van der Waals surface area contributed by atoms with Gasteiger partial charge in [-0.1, -0.05) is 102 Å². The number of hydrogen-bond acceptors (Lipinski definition) is 1. The molecule has 0 aromatic heterocycles. The molecule has 0 spiro atoms. The summed E-state index contributed by atoms with van der Waals surface area (Å²) in [5.41, 5.74) is 3.11. The lowest BCUT2D eigenvalue weighted by atomic mass is 9.90. The number of carboxylic acids is 1. The largest absolute Gasteiger partial charge is 0.478 e. The molecule has 0 aliphatic heterocycles. The highest BCUT2D eigenvalue weighted by molar-refractivity contribution is 6.05. The maximum atomic E-state index is 11.8. The van der Waals surface area contributed by atoms with Gasteiger partial charge in [-0.3, -0.25) is 0 Å². The van der Waals surface area contributed by atoms with E-state index < -0.39 is 5.97 Å². The fourth-order valence-corrected chi connectivity index (χ4v) is 4.36. The van der Waals surface area contributed by atoms with E-state index in [2.05, 4.69) is 26.0 Å². The molecule has 2 aromatic rings. The molecule has 0 amide bonds. The van der Waals surface area contributed by atoms with Gasteiger partial charge in [0.05, 0.1) is 5.56 Å². The lowest BCUT2D eigenvalue weighted by molar-refractivity contribution is 0.0699. The van der Waals surface area contributed by atoms with Crippen molar-refractivity contribution < 1.29 is 9.90 Å². The summed E-state index contributed by atoms with van der Waals surface area (Å²) in [6.07, 6.45) is 17.5. The van der Waals surface area contributed by atoms with E-state index >= 15 is 0 Å². The number of fused-ring (bicyclic) bond motifs is 1. The van der Waals surface area contributed by atoms with Crippen molar-refractivity contribution in [3.8, 4) is 0 Å². The zero-order valence-corrected chi connectivity index (χ0v) is 18.6. The lowest BCUT2D eigenvalue weighted by Gasteiger charge is -2.14. The molecular weight excluding hydrogens is 356 g/mol. The topological polar surface area (TPSA) is 37.3 Å². The first-order valence-corrected chi connectivity index (χ1v) is 12.0. The third kappa shape index (κ3) is 7.49. The Morgan fingerprint density at radius 1 is 0.690 bits per heavy atom. The number of rotatable bonds is 15. The van der Waals surface area contributed by atoms with Crippen LogP contribution in [0.2, 0.25) is 0 Å². The fourth-order valence-electron chi connectivity index (χ4n) is 4.36. The van der Waals surface area contributed by atoms with Gasteiger partial charge in [-0.15, -0.1) is 0 Å². The summed E-state index contributed by atoms with van der Waals surface area (Å²) in [6.45, 7) is 4.50. The number of carbonyl (C=O) groups is 1. The van der Waals surface area contributed by atoms with Gasteiger partial charge < -0.3 is 5.11 Å². The minimum Gasteiger partial charge on any atom is -0.478 e. The zero-order chi connectivity index (χ0) is 20.9. The molecule has 2 aromatic carbocycles. The van der Waals surface area contributed by atoms with Crippen molar-refractivity contribution in [3.63, 3.8) is 0 Å². The van der Waals surface area contributed by atoms with Crippen molar-refractivity contribution in [2.24, 2.45) is 0 Å². The predicted octanol–water partition coefficient (Wildman–Crippen LogP) is 8.34. The van der Waals surface area contributed by atoms with Crippen molar-refractivity contribution in [1.29, 1.82) is 0 Å².